The van der Waals surface area contributed by atoms with Gasteiger partial charge in [-0.2, -0.15) is 8.78 Å². The number of halogens is 3. The van der Waals surface area contributed by atoms with Gasteiger partial charge in [0.1, 0.15) is 5.60 Å². The van der Waals surface area contributed by atoms with E-state index in [9.17, 15) is 22.3 Å². The average molecular weight is 376 g/mol. The van der Waals surface area contributed by atoms with E-state index < -0.39 is 26.1 Å². The molecule has 0 fully saturated rings. The van der Waals surface area contributed by atoms with Crippen molar-refractivity contribution in [3.8, 4) is 0 Å². The van der Waals surface area contributed by atoms with E-state index in [1.54, 1.807) is 24.3 Å². The lowest BCUT2D eigenvalue weighted by Crippen LogP contribution is -2.31. The highest BCUT2D eigenvalue weighted by molar-refractivity contribution is 7.91. The van der Waals surface area contributed by atoms with Crippen LogP contribution >= 0.6 is 11.6 Å². The molecule has 0 bridgehead atoms. The van der Waals surface area contributed by atoms with E-state index in [1.165, 1.54) is 25.1 Å². The first-order valence-corrected chi connectivity index (χ1v) is 8.90. The fourth-order valence-corrected chi connectivity index (χ4v) is 3.25. The molecule has 1 unspecified atom stereocenters. The second-order valence-electron chi connectivity index (χ2n) is 5.44. The summed E-state index contributed by atoms with van der Waals surface area (Å²) in [6.07, 6.45) is 0. The molecule has 0 aromatic heterocycles. The molecule has 2 aromatic carbocycles. The summed E-state index contributed by atoms with van der Waals surface area (Å²) in [5, 5.41) is 13.7. The molecule has 0 radical (unpaired) electrons. The largest absolute Gasteiger partial charge is 0.384 e. The zero-order valence-corrected chi connectivity index (χ0v) is 14.3. The molecule has 4 nitrogen and oxygen atoms in total. The van der Waals surface area contributed by atoms with Crippen molar-refractivity contribution < 1.29 is 22.3 Å². The van der Waals surface area contributed by atoms with Crippen molar-refractivity contribution >= 4 is 27.1 Å². The van der Waals surface area contributed by atoms with Crippen LogP contribution in [-0.4, -0.2) is 25.8 Å². The zero-order chi connectivity index (χ0) is 18.0. The molecule has 0 amide bonds. The Kier molecular flexibility index (Phi) is 5.47. The molecule has 0 aliphatic heterocycles. The number of nitrogens with one attached hydrogen (secondary N) is 1. The van der Waals surface area contributed by atoms with Gasteiger partial charge in [0.15, 0.2) is 0 Å². The lowest BCUT2D eigenvalue weighted by atomic mass is 9.96. The minimum absolute atomic E-state index is 0.0000954. The highest BCUT2D eigenvalue weighted by Gasteiger charge is 2.30. The Labute approximate surface area is 144 Å². The van der Waals surface area contributed by atoms with Gasteiger partial charge in [-0.15, -0.1) is 0 Å². The maximum absolute atomic E-state index is 12.8. The Hall–Kier alpha value is -1.70. The Morgan fingerprint density at radius 1 is 1.21 bits per heavy atom. The number of benzene rings is 2. The first-order valence-electron chi connectivity index (χ1n) is 6.98. The normalized spacial score (nSPS) is 14.4. The molecule has 1 atom stereocenters. The van der Waals surface area contributed by atoms with Crippen LogP contribution in [0.15, 0.2) is 53.4 Å². The number of para-hydroxylation sites is 1. The molecule has 24 heavy (non-hydrogen) atoms. The minimum Gasteiger partial charge on any atom is -0.384 e. The van der Waals surface area contributed by atoms with Crippen LogP contribution in [-0.2, 0) is 15.4 Å². The summed E-state index contributed by atoms with van der Waals surface area (Å²) in [6.45, 7) is 1.42. The van der Waals surface area contributed by atoms with Crippen molar-refractivity contribution in [2.75, 3.05) is 11.9 Å². The van der Waals surface area contributed by atoms with Crippen molar-refractivity contribution in [3.63, 3.8) is 0 Å². The summed E-state index contributed by atoms with van der Waals surface area (Å²) >= 11 is 5.89. The van der Waals surface area contributed by atoms with Crippen LogP contribution in [0.5, 0.6) is 0 Å². The fraction of sp³-hybridized carbons (Fsp3) is 0.250. The third-order valence-corrected chi connectivity index (χ3v) is 5.17. The molecule has 0 spiro atoms. The summed E-state index contributed by atoms with van der Waals surface area (Å²) in [6, 6.07) is 11.9. The van der Waals surface area contributed by atoms with E-state index in [-0.39, 0.29) is 12.2 Å². The van der Waals surface area contributed by atoms with Gasteiger partial charge in [-0.1, -0.05) is 35.9 Å². The number of hydrogen-bond acceptors (Lipinski definition) is 4. The molecule has 130 valence electrons. The third kappa shape index (κ3) is 4.03. The van der Waals surface area contributed by atoms with Crippen molar-refractivity contribution in [2.24, 2.45) is 0 Å². The quantitative estimate of drug-likeness (QED) is 0.808. The van der Waals surface area contributed by atoms with E-state index in [4.69, 9.17) is 11.6 Å². The van der Waals surface area contributed by atoms with Crippen LogP contribution in [0.4, 0.5) is 14.5 Å². The predicted molar refractivity (Wildman–Crippen MR) is 89.1 cm³/mol. The SMILES string of the molecule is CC(O)(CNc1ccccc1S(=O)(=O)C(F)F)c1cccc(Cl)c1. The van der Waals surface area contributed by atoms with Gasteiger partial charge >= 0.3 is 5.76 Å². The smallest absolute Gasteiger partial charge is 0.341 e. The second kappa shape index (κ2) is 7.04. The Morgan fingerprint density at radius 2 is 1.88 bits per heavy atom. The second-order valence-corrected chi connectivity index (χ2v) is 7.76. The molecule has 0 aliphatic carbocycles. The molecule has 8 heteroatoms. The van der Waals surface area contributed by atoms with Gasteiger partial charge in [-0.3, -0.25) is 0 Å². The average Bonchev–Trinajstić information content (AvgIpc) is 2.53. The highest BCUT2D eigenvalue weighted by atomic mass is 35.5. The van der Waals surface area contributed by atoms with E-state index in [0.29, 0.717) is 10.6 Å². The Morgan fingerprint density at radius 3 is 2.50 bits per heavy atom. The van der Waals surface area contributed by atoms with E-state index in [1.807, 2.05) is 0 Å². The molecule has 2 aromatic rings. The molecular weight excluding hydrogens is 360 g/mol. The highest BCUT2D eigenvalue weighted by Crippen LogP contribution is 2.28. The van der Waals surface area contributed by atoms with Gasteiger partial charge in [-0.25, -0.2) is 8.42 Å². The van der Waals surface area contributed by atoms with Crippen LogP contribution in [0.3, 0.4) is 0 Å². The van der Waals surface area contributed by atoms with Gasteiger partial charge in [0.25, 0.3) is 0 Å². The minimum atomic E-state index is -4.75. The van der Waals surface area contributed by atoms with Crippen LogP contribution in [0.25, 0.3) is 0 Å². The standard InChI is InChI=1S/C16H16ClF2NO3S/c1-16(21,11-5-4-6-12(17)9-11)10-20-13-7-2-3-8-14(13)24(22,23)15(18)19/h2-9,15,20-21H,10H2,1H3. The molecule has 0 saturated heterocycles. The summed E-state index contributed by atoms with van der Waals surface area (Å²) in [5.41, 5.74) is -0.871. The van der Waals surface area contributed by atoms with E-state index in [0.717, 1.165) is 6.07 Å². The van der Waals surface area contributed by atoms with Gasteiger partial charge in [0, 0.05) is 11.6 Å². The van der Waals surface area contributed by atoms with Crippen LogP contribution in [0.1, 0.15) is 12.5 Å². The third-order valence-electron chi connectivity index (χ3n) is 3.50. The van der Waals surface area contributed by atoms with E-state index in [2.05, 4.69) is 5.32 Å². The fourth-order valence-electron chi connectivity index (χ4n) is 2.15. The van der Waals surface area contributed by atoms with Crippen molar-refractivity contribution in [2.45, 2.75) is 23.2 Å². The summed E-state index contributed by atoms with van der Waals surface area (Å²) < 4.78 is 49.0. The van der Waals surface area contributed by atoms with Gasteiger partial charge in [0.05, 0.1) is 10.6 Å². The van der Waals surface area contributed by atoms with Gasteiger partial charge in [-0.05, 0) is 36.8 Å². The molecule has 0 heterocycles. The monoisotopic (exact) mass is 375 g/mol. The predicted octanol–water partition coefficient (Wildman–Crippen LogP) is 3.66. The number of aliphatic hydroxyl groups is 1. The first-order chi connectivity index (χ1) is 11.1. The summed E-state index contributed by atoms with van der Waals surface area (Å²) in [7, 11) is -4.75. The van der Waals surface area contributed by atoms with Crippen molar-refractivity contribution in [1.29, 1.82) is 0 Å². The Balaban J connectivity index is 2.27. The first kappa shape index (κ1) is 18.6. The van der Waals surface area contributed by atoms with Gasteiger partial charge < -0.3 is 10.4 Å². The van der Waals surface area contributed by atoms with Crippen molar-refractivity contribution in [3.05, 3.63) is 59.1 Å². The van der Waals surface area contributed by atoms with Crippen LogP contribution in [0, 0.1) is 0 Å². The van der Waals surface area contributed by atoms with E-state index >= 15 is 0 Å². The number of alkyl halides is 2. The molecule has 2 N–H and O–H groups in total. The summed E-state index contributed by atoms with van der Waals surface area (Å²) in [5.74, 6) is -3.52. The number of hydrogen-bond donors (Lipinski definition) is 2. The van der Waals surface area contributed by atoms with Crippen LogP contribution in [0.2, 0.25) is 5.02 Å². The molecular formula is C16H16ClF2NO3S. The molecule has 2 rings (SSSR count). The van der Waals surface area contributed by atoms with Gasteiger partial charge in [0.2, 0.25) is 9.84 Å². The summed E-state index contributed by atoms with van der Waals surface area (Å²) in [4.78, 5) is -0.512. The maximum atomic E-state index is 12.8. The van der Waals surface area contributed by atoms with Crippen molar-refractivity contribution in [1.82, 2.24) is 0 Å². The zero-order valence-electron chi connectivity index (χ0n) is 12.7. The maximum Gasteiger partial charge on any atom is 0.341 e. The lowest BCUT2D eigenvalue weighted by Gasteiger charge is -2.25. The lowest BCUT2D eigenvalue weighted by molar-refractivity contribution is 0.0715. The topological polar surface area (TPSA) is 66.4 Å². The molecule has 0 aliphatic rings. The number of anilines is 1. The molecule has 0 saturated carbocycles. The Bertz CT molecular complexity index is 826. The number of rotatable bonds is 6. The van der Waals surface area contributed by atoms with Crippen LogP contribution < -0.4 is 5.32 Å². The number of sulfone groups is 1.